The third-order valence-corrected chi connectivity index (χ3v) is 6.36. The van der Waals surface area contributed by atoms with E-state index in [0.717, 1.165) is 20.9 Å². The smallest absolute Gasteiger partial charge is 0.0574 e. The van der Waals surface area contributed by atoms with Gasteiger partial charge in [0.1, 0.15) is 0 Å². The number of rotatable bonds is 6. The average molecular weight is 354 g/mol. The first-order chi connectivity index (χ1) is 11.7. The molecule has 0 radical (unpaired) electrons. The van der Waals surface area contributed by atoms with Crippen LogP contribution in [0.5, 0.6) is 0 Å². The molecule has 4 heteroatoms. The summed E-state index contributed by atoms with van der Waals surface area (Å²) in [7, 11) is -2.28. The van der Waals surface area contributed by atoms with Crippen molar-refractivity contribution in [3.05, 3.63) is 96.1 Å². The maximum absolute atomic E-state index is 12.6. The van der Waals surface area contributed by atoms with Gasteiger partial charge in [0.25, 0.3) is 0 Å². The Bertz CT molecular complexity index is 777. The molecule has 122 valence electrons. The van der Waals surface area contributed by atoms with Crippen molar-refractivity contribution >= 4 is 21.6 Å². The predicted molar refractivity (Wildman–Crippen MR) is 99.6 cm³/mol. The molecule has 24 heavy (non-hydrogen) atoms. The molecular formula is C20H18O2S2. The molecule has 0 spiro atoms. The van der Waals surface area contributed by atoms with E-state index in [1.54, 1.807) is 6.07 Å². The molecule has 0 aromatic heterocycles. The van der Waals surface area contributed by atoms with Crippen LogP contribution in [0.2, 0.25) is 0 Å². The Balaban J connectivity index is 1.74. The SMILES string of the molecule is O=S(Cc1ccccc1)c1cccc(S(=O)Cc2ccccc2)c1. The summed E-state index contributed by atoms with van der Waals surface area (Å²) in [5, 5.41) is 0. The normalized spacial score (nSPS) is 13.3. The van der Waals surface area contributed by atoms with E-state index in [4.69, 9.17) is 0 Å². The molecule has 0 saturated carbocycles. The third-order valence-electron chi connectivity index (χ3n) is 3.61. The van der Waals surface area contributed by atoms with E-state index in [-0.39, 0.29) is 0 Å². The Labute approximate surface area is 147 Å². The van der Waals surface area contributed by atoms with Crippen molar-refractivity contribution in [2.75, 3.05) is 0 Å². The fourth-order valence-electron chi connectivity index (χ4n) is 2.38. The van der Waals surface area contributed by atoms with E-state index >= 15 is 0 Å². The molecule has 0 aliphatic carbocycles. The van der Waals surface area contributed by atoms with Gasteiger partial charge in [-0.25, -0.2) is 0 Å². The molecule has 0 amide bonds. The van der Waals surface area contributed by atoms with Gasteiger partial charge in [-0.05, 0) is 29.3 Å². The van der Waals surface area contributed by atoms with Gasteiger partial charge >= 0.3 is 0 Å². The minimum absolute atomic E-state index is 0.468. The van der Waals surface area contributed by atoms with Crippen molar-refractivity contribution < 1.29 is 8.42 Å². The fourth-order valence-corrected chi connectivity index (χ4v) is 4.75. The molecule has 2 unspecified atom stereocenters. The predicted octanol–water partition coefficient (Wildman–Crippen LogP) is 4.30. The van der Waals surface area contributed by atoms with Crippen molar-refractivity contribution in [3.63, 3.8) is 0 Å². The van der Waals surface area contributed by atoms with Gasteiger partial charge in [0.15, 0.2) is 0 Å². The van der Waals surface area contributed by atoms with Crippen molar-refractivity contribution in [3.8, 4) is 0 Å². The van der Waals surface area contributed by atoms with Crippen LogP contribution in [0.15, 0.2) is 94.7 Å². The van der Waals surface area contributed by atoms with Crippen LogP contribution < -0.4 is 0 Å². The van der Waals surface area contributed by atoms with Crippen LogP contribution in [0.25, 0.3) is 0 Å². The standard InChI is InChI=1S/C20H18O2S2/c21-23(15-17-8-3-1-4-9-17)19-12-7-13-20(14-19)24(22)16-18-10-5-2-6-11-18/h1-14H,15-16H2. The van der Waals surface area contributed by atoms with E-state index < -0.39 is 21.6 Å². The first kappa shape index (κ1) is 16.8. The maximum atomic E-state index is 12.6. The molecule has 0 saturated heterocycles. The Morgan fingerprint density at radius 1 is 0.542 bits per heavy atom. The van der Waals surface area contributed by atoms with Crippen LogP contribution in [-0.2, 0) is 33.1 Å². The molecule has 3 rings (SSSR count). The molecule has 0 aliphatic heterocycles. The van der Waals surface area contributed by atoms with Crippen molar-refractivity contribution in [1.82, 2.24) is 0 Å². The molecule has 2 nitrogen and oxygen atoms in total. The van der Waals surface area contributed by atoms with Gasteiger partial charge in [0, 0.05) is 9.79 Å². The highest BCUT2D eigenvalue weighted by Crippen LogP contribution is 2.18. The van der Waals surface area contributed by atoms with E-state index in [1.165, 1.54) is 0 Å². The lowest BCUT2D eigenvalue weighted by molar-refractivity contribution is 0.681. The topological polar surface area (TPSA) is 34.1 Å². The van der Waals surface area contributed by atoms with E-state index in [0.29, 0.717) is 11.5 Å². The highest BCUT2D eigenvalue weighted by Gasteiger charge is 2.10. The number of hydrogen-bond donors (Lipinski definition) is 0. The van der Waals surface area contributed by atoms with E-state index in [1.807, 2.05) is 78.9 Å². The zero-order valence-electron chi connectivity index (χ0n) is 13.1. The van der Waals surface area contributed by atoms with E-state index in [9.17, 15) is 8.42 Å². The van der Waals surface area contributed by atoms with Crippen LogP contribution in [0.4, 0.5) is 0 Å². The number of hydrogen-bond acceptors (Lipinski definition) is 2. The monoisotopic (exact) mass is 354 g/mol. The quantitative estimate of drug-likeness (QED) is 0.661. The van der Waals surface area contributed by atoms with Crippen molar-refractivity contribution in [1.29, 1.82) is 0 Å². The fraction of sp³-hybridized carbons (Fsp3) is 0.100. The molecule has 0 heterocycles. The van der Waals surface area contributed by atoms with Crippen LogP contribution in [0.3, 0.4) is 0 Å². The Morgan fingerprint density at radius 2 is 0.958 bits per heavy atom. The van der Waals surface area contributed by atoms with E-state index in [2.05, 4.69) is 0 Å². The van der Waals surface area contributed by atoms with Crippen molar-refractivity contribution in [2.24, 2.45) is 0 Å². The van der Waals surface area contributed by atoms with Crippen LogP contribution in [0.1, 0.15) is 11.1 Å². The van der Waals surface area contributed by atoms with Crippen LogP contribution in [0, 0.1) is 0 Å². The summed E-state index contributed by atoms with van der Waals surface area (Å²) < 4.78 is 25.1. The van der Waals surface area contributed by atoms with Gasteiger partial charge in [-0.2, -0.15) is 0 Å². The summed E-state index contributed by atoms with van der Waals surface area (Å²) in [5.74, 6) is 0.936. The molecule has 0 N–H and O–H groups in total. The lowest BCUT2D eigenvalue weighted by Gasteiger charge is -2.06. The summed E-state index contributed by atoms with van der Waals surface area (Å²) >= 11 is 0. The highest BCUT2D eigenvalue weighted by atomic mass is 32.2. The Kier molecular flexibility index (Phi) is 5.72. The van der Waals surface area contributed by atoms with Gasteiger partial charge in [0.2, 0.25) is 0 Å². The molecular weight excluding hydrogens is 336 g/mol. The Hall–Kier alpha value is -2.04. The van der Waals surface area contributed by atoms with Gasteiger partial charge in [-0.3, -0.25) is 8.42 Å². The molecule has 0 aliphatic rings. The Morgan fingerprint density at radius 3 is 1.38 bits per heavy atom. The summed E-state index contributed by atoms with van der Waals surface area (Å²) in [6, 6.07) is 26.8. The molecule has 3 aromatic carbocycles. The summed E-state index contributed by atoms with van der Waals surface area (Å²) in [4.78, 5) is 1.44. The molecule has 2 atom stereocenters. The van der Waals surface area contributed by atoms with Crippen molar-refractivity contribution in [2.45, 2.75) is 21.3 Å². The minimum atomic E-state index is -1.14. The second kappa shape index (κ2) is 8.18. The summed E-state index contributed by atoms with van der Waals surface area (Å²) in [5.41, 5.74) is 2.07. The second-order valence-electron chi connectivity index (χ2n) is 5.43. The average Bonchev–Trinajstić information content (AvgIpc) is 2.63. The lowest BCUT2D eigenvalue weighted by atomic mass is 10.2. The first-order valence-corrected chi connectivity index (χ1v) is 10.3. The highest BCUT2D eigenvalue weighted by molar-refractivity contribution is 7.85. The zero-order valence-corrected chi connectivity index (χ0v) is 14.8. The maximum Gasteiger partial charge on any atom is 0.0574 e. The molecule has 3 aromatic rings. The summed E-state index contributed by atoms with van der Waals surface area (Å²) in [6.45, 7) is 0. The number of benzene rings is 3. The zero-order chi connectivity index (χ0) is 16.8. The first-order valence-electron chi connectivity index (χ1n) is 7.67. The van der Waals surface area contributed by atoms with Crippen LogP contribution in [-0.4, -0.2) is 8.42 Å². The third kappa shape index (κ3) is 4.49. The van der Waals surface area contributed by atoms with Gasteiger partial charge in [0.05, 0.1) is 33.1 Å². The minimum Gasteiger partial charge on any atom is -0.254 e. The van der Waals surface area contributed by atoms with Gasteiger partial charge < -0.3 is 0 Å². The molecule has 0 fully saturated rings. The summed E-state index contributed by atoms with van der Waals surface area (Å²) in [6.07, 6.45) is 0. The van der Waals surface area contributed by atoms with Gasteiger partial charge in [-0.1, -0.05) is 66.7 Å². The lowest BCUT2D eigenvalue weighted by Crippen LogP contribution is -2.00. The largest absolute Gasteiger partial charge is 0.254 e. The molecule has 0 bridgehead atoms. The second-order valence-corrected chi connectivity index (χ2v) is 8.33. The van der Waals surface area contributed by atoms with Crippen LogP contribution >= 0.6 is 0 Å². The van der Waals surface area contributed by atoms with Gasteiger partial charge in [-0.15, -0.1) is 0 Å².